The van der Waals surface area contributed by atoms with Crippen LogP contribution in [0.25, 0.3) is 10.6 Å². The SMILES string of the molecule is C=C1C(=O)N=C(n2nc(-c3cccs3)cc2NC(=O)c2c(F)cccc2F)N=C1C. The molecule has 0 atom stereocenters. The lowest BCUT2D eigenvalue weighted by atomic mass is 10.2. The van der Waals surface area contributed by atoms with Gasteiger partial charge < -0.3 is 5.32 Å². The van der Waals surface area contributed by atoms with Crippen molar-refractivity contribution in [1.29, 1.82) is 0 Å². The van der Waals surface area contributed by atoms with Crippen LogP contribution in [0.5, 0.6) is 0 Å². The topological polar surface area (TPSA) is 88.7 Å². The van der Waals surface area contributed by atoms with Gasteiger partial charge in [-0.1, -0.05) is 18.7 Å². The molecule has 10 heteroatoms. The molecule has 0 saturated carbocycles. The molecular weight excluding hydrogens is 412 g/mol. The first-order valence-corrected chi connectivity index (χ1v) is 9.50. The van der Waals surface area contributed by atoms with E-state index in [0.717, 1.165) is 27.8 Å². The molecule has 0 spiro atoms. The maximum absolute atomic E-state index is 14.0. The number of hydrogen-bond donors (Lipinski definition) is 1. The second-order valence-corrected chi connectivity index (χ2v) is 7.20. The molecule has 1 aromatic carbocycles. The van der Waals surface area contributed by atoms with Crippen LogP contribution in [0, 0.1) is 11.6 Å². The van der Waals surface area contributed by atoms with Crippen LogP contribution in [0.1, 0.15) is 17.3 Å². The van der Waals surface area contributed by atoms with Crippen LogP contribution in [0.15, 0.2) is 63.9 Å². The van der Waals surface area contributed by atoms with Crippen molar-refractivity contribution in [1.82, 2.24) is 9.78 Å². The van der Waals surface area contributed by atoms with Gasteiger partial charge in [-0.2, -0.15) is 14.8 Å². The fourth-order valence-electron chi connectivity index (χ4n) is 2.71. The van der Waals surface area contributed by atoms with Gasteiger partial charge in [0.25, 0.3) is 17.8 Å². The molecular formula is C20H13F2N5O2S. The predicted octanol–water partition coefficient (Wildman–Crippen LogP) is 3.90. The standard InChI is InChI=1S/C20H13F2N5O2S/c1-10-11(2)23-20(25-18(10)28)27-16(9-14(26-27)15-7-4-8-30-15)24-19(29)17-12(21)5-3-6-13(17)22/h3-9H,1H2,2H3,(H,24,29). The third-order valence-corrected chi connectivity index (χ3v) is 5.16. The van der Waals surface area contributed by atoms with Gasteiger partial charge >= 0.3 is 0 Å². The summed E-state index contributed by atoms with van der Waals surface area (Å²) >= 11 is 1.40. The van der Waals surface area contributed by atoms with Crippen LogP contribution in [0.4, 0.5) is 14.6 Å². The summed E-state index contributed by atoms with van der Waals surface area (Å²) in [6.07, 6.45) is 0. The van der Waals surface area contributed by atoms with Gasteiger partial charge in [-0.25, -0.2) is 13.8 Å². The molecule has 1 aliphatic rings. The zero-order valence-corrected chi connectivity index (χ0v) is 16.3. The van der Waals surface area contributed by atoms with Gasteiger partial charge in [-0.05, 0) is 30.5 Å². The van der Waals surface area contributed by atoms with Crippen molar-refractivity contribution in [3.05, 3.63) is 71.1 Å². The third kappa shape index (κ3) is 3.48. The number of carbonyl (C=O) groups excluding carboxylic acids is 2. The smallest absolute Gasteiger partial charge is 0.281 e. The summed E-state index contributed by atoms with van der Waals surface area (Å²) in [7, 11) is 0. The van der Waals surface area contributed by atoms with E-state index in [1.165, 1.54) is 17.4 Å². The first-order valence-electron chi connectivity index (χ1n) is 8.62. The van der Waals surface area contributed by atoms with Crippen molar-refractivity contribution < 1.29 is 18.4 Å². The molecule has 1 aliphatic heterocycles. The van der Waals surface area contributed by atoms with Crippen LogP contribution >= 0.6 is 11.3 Å². The number of halogens is 2. The van der Waals surface area contributed by atoms with Gasteiger partial charge in [0.05, 0.1) is 16.2 Å². The molecule has 2 amide bonds. The van der Waals surface area contributed by atoms with Crippen molar-refractivity contribution in [2.24, 2.45) is 9.98 Å². The maximum Gasteiger partial charge on any atom is 0.281 e. The summed E-state index contributed by atoms with van der Waals surface area (Å²) in [4.78, 5) is 33.5. The molecule has 3 aromatic rings. The highest BCUT2D eigenvalue weighted by atomic mass is 32.1. The van der Waals surface area contributed by atoms with Gasteiger partial charge in [0.15, 0.2) is 0 Å². The Kier molecular flexibility index (Phi) is 4.92. The number of anilines is 1. The van der Waals surface area contributed by atoms with Gasteiger partial charge in [0.2, 0.25) is 0 Å². The van der Waals surface area contributed by atoms with E-state index in [0.29, 0.717) is 11.4 Å². The highest BCUT2D eigenvalue weighted by Gasteiger charge is 2.24. The summed E-state index contributed by atoms with van der Waals surface area (Å²) in [6.45, 7) is 5.20. The van der Waals surface area contributed by atoms with Crippen LogP contribution in [-0.2, 0) is 4.79 Å². The number of benzene rings is 1. The third-order valence-electron chi connectivity index (χ3n) is 4.27. The second kappa shape index (κ2) is 7.56. The quantitative estimate of drug-likeness (QED) is 0.646. The van der Waals surface area contributed by atoms with Gasteiger partial charge in [0, 0.05) is 6.07 Å². The minimum atomic E-state index is -1.02. The molecule has 150 valence electrons. The molecule has 0 fully saturated rings. The van der Waals surface area contributed by atoms with Gasteiger partial charge in [0.1, 0.15) is 28.7 Å². The number of thiophene rings is 1. The fraction of sp³-hybridized carbons (Fsp3) is 0.0500. The van der Waals surface area contributed by atoms with Gasteiger partial charge in [-0.15, -0.1) is 11.3 Å². The van der Waals surface area contributed by atoms with E-state index in [1.54, 1.807) is 6.92 Å². The van der Waals surface area contributed by atoms with Crippen LogP contribution in [0.3, 0.4) is 0 Å². The summed E-state index contributed by atoms with van der Waals surface area (Å²) in [5.41, 5.74) is 0.207. The van der Waals surface area contributed by atoms with Crippen molar-refractivity contribution in [3.8, 4) is 10.6 Å². The zero-order valence-electron chi connectivity index (χ0n) is 15.5. The van der Waals surface area contributed by atoms with E-state index in [9.17, 15) is 18.4 Å². The minimum absolute atomic E-state index is 0.0432. The van der Waals surface area contributed by atoms with Crippen molar-refractivity contribution in [2.45, 2.75) is 6.92 Å². The number of rotatable bonds is 3. The molecule has 3 heterocycles. The Hall–Kier alpha value is -3.79. The number of hydrogen-bond acceptors (Lipinski definition) is 5. The van der Waals surface area contributed by atoms with Crippen LogP contribution in [0.2, 0.25) is 0 Å². The Balaban J connectivity index is 1.79. The van der Waals surface area contributed by atoms with E-state index < -0.39 is 29.0 Å². The van der Waals surface area contributed by atoms with Gasteiger partial charge in [-0.3, -0.25) is 9.59 Å². The number of aliphatic imine (C=N–C) groups is 2. The Bertz CT molecular complexity index is 1240. The molecule has 0 radical (unpaired) electrons. The predicted molar refractivity (Wildman–Crippen MR) is 110 cm³/mol. The molecule has 0 unspecified atom stereocenters. The van der Waals surface area contributed by atoms with Crippen molar-refractivity contribution in [2.75, 3.05) is 5.32 Å². The molecule has 2 aromatic heterocycles. The Labute approximate surface area is 173 Å². The largest absolute Gasteiger partial charge is 0.306 e. The maximum atomic E-state index is 14.0. The normalized spacial score (nSPS) is 13.8. The van der Waals surface area contributed by atoms with E-state index in [1.807, 2.05) is 17.5 Å². The van der Waals surface area contributed by atoms with Crippen LogP contribution in [-0.4, -0.2) is 33.3 Å². The number of nitrogens with zero attached hydrogens (tertiary/aromatic N) is 4. The zero-order chi connectivity index (χ0) is 21.4. The Morgan fingerprint density at radius 3 is 2.53 bits per heavy atom. The number of carbonyl (C=O) groups is 2. The number of aromatic nitrogens is 2. The molecule has 4 rings (SSSR count). The lowest BCUT2D eigenvalue weighted by molar-refractivity contribution is -0.113. The average molecular weight is 425 g/mol. The van der Waals surface area contributed by atoms with E-state index >= 15 is 0 Å². The van der Waals surface area contributed by atoms with Crippen LogP contribution < -0.4 is 5.32 Å². The first kappa shape index (κ1) is 19.5. The van der Waals surface area contributed by atoms with E-state index in [4.69, 9.17) is 0 Å². The highest BCUT2D eigenvalue weighted by Crippen LogP contribution is 2.27. The Morgan fingerprint density at radius 1 is 1.17 bits per heavy atom. The van der Waals surface area contributed by atoms with E-state index in [-0.39, 0.29) is 17.4 Å². The lowest BCUT2D eigenvalue weighted by Crippen LogP contribution is -2.25. The molecule has 0 bridgehead atoms. The number of nitrogens with one attached hydrogen (secondary N) is 1. The monoisotopic (exact) mass is 425 g/mol. The summed E-state index contributed by atoms with van der Waals surface area (Å²) in [6, 6.07) is 8.26. The summed E-state index contributed by atoms with van der Waals surface area (Å²) in [5.74, 6) is -3.68. The molecule has 30 heavy (non-hydrogen) atoms. The minimum Gasteiger partial charge on any atom is -0.306 e. The second-order valence-electron chi connectivity index (χ2n) is 6.25. The molecule has 0 aliphatic carbocycles. The molecule has 7 nitrogen and oxygen atoms in total. The lowest BCUT2D eigenvalue weighted by Gasteiger charge is -2.13. The van der Waals surface area contributed by atoms with Crippen molar-refractivity contribution in [3.63, 3.8) is 0 Å². The average Bonchev–Trinajstić information content (AvgIpc) is 3.35. The highest BCUT2D eigenvalue weighted by molar-refractivity contribution is 7.13. The van der Waals surface area contributed by atoms with E-state index in [2.05, 4.69) is 27.0 Å². The summed E-state index contributed by atoms with van der Waals surface area (Å²) in [5, 5.41) is 8.64. The molecule has 0 saturated heterocycles. The first-order chi connectivity index (χ1) is 14.3. The fourth-order valence-corrected chi connectivity index (χ4v) is 3.39. The molecule has 1 N–H and O–H groups in total. The Morgan fingerprint density at radius 2 is 1.90 bits per heavy atom. The van der Waals surface area contributed by atoms with Crippen molar-refractivity contribution >= 4 is 40.6 Å². The summed E-state index contributed by atoms with van der Waals surface area (Å²) < 4.78 is 29.2. The number of amides is 2.